The van der Waals surface area contributed by atoms with Gasteiger partial charge in [0, 0.05) is 21.8 Å². The van der Waals surface area contributed by atoms with Crippen LogP contribution < -0.4 is 4.74 Å². The monoisotopic (exact) mass is 487 g/mol. The molecule has 0 aliphatic rings. The molecule has 0 amide bonds. The zero-order valence-electron chi connectivity index (χ0n) is 17.1. The van der Waals surface area contributed by atoms with Crippen LogP contribution in [0, 0.1) is 0 Å². The van der Waals surface area contributed by atoms with Crippen molar-refractivity contribution >= 4 is 33.6 Å². The number of phenols is 1. The lowest BCUT2D eigenvalue weighted by Crippen LogP contribution is -1.86. The number of ether oxygens (including phenoxy) is 1. The van der Waals surface area contributed by atoms with E-state index in [-0.39, 0.29) is 5.75 Å². The van der Waals surface area contributed by atoms with Crippen molar-refractivity contribution < 1.29 is 14.3 Å². The normalized spacial score (nSPS) is 11.4. The second-order valence-corrected chi connectivity index (χ2v) is 7.98. The van der Waals surface area contributed by atoms with Gasteiger partial charge in [0.25, 0.3) is 0 Å². The fourth-order valence-electron chi connectivity index (χ4n) is 3.44. The van der Waals surface area contributed by atoms with E-state index in [1.54, 1.807) is 24.4 Å². The summed E-state index contributed by atoms with van der Waals surface area (Å²) in [5.74, 6) is 2.49. The summed E-state index contributed by atoms with van der Waals surface area (Å²) in [6, 6.07) is 22.6. The third kappa shape index (κ3) is 3.78. The van der Waals surface area contributed by atoms with Gasteiger partial charge in [-0.15, -0.1) is 0 Å². The van der Waals surface area contributed by atoms with Crippen molar-refractivity contribution in [2.45, 2.75) is 0 Å². The first-order valence-electron chi connectivity index (χ1n) is 9.87. The summed E-state index contributed by atoms with van der Waals surface area (Å²) in [7, 11) is 1.52. The summed E-state index contributed by atoms with van der Waals surface area (Å²) in [6.07, 6.45) is 3.59. The topological polar surface area (TPSA) is 72.3 Å². The maximum Gasteiger partial charge on any atom is 0.165 e. The number of halogens is 1. The second kappa shape index (κ2) is 8.36. The van der Waals surface area contributed by atoms with Gasteiger partial charge in [0.1, 0.15) is 22.9 Å². The summed E-state index contributed by atoms with van der Waals surface area (Å²) in [5.41, 5.74) is 3.20. The summed E-state index contributed by atoms with van der Waals surface area (Å²) in [6.45, 7) is 0. The van der Waals surface area contributed by atoms with E-state index in [2.05, 4.69) is 15.9 Å². The Bertz CT molecular complexity index is 1430. The Morgan fingerprint density at radius 1 is 1.03 bits per heavy atom. The molecule has 0 saturated carbocycles. The molecule has 5 rings (SSSR count). The molecule has 0 radical (unpaired) electrons. The van der Waals surface area contributed by atoms with Crippen molar-refractivity contribution in [1.29, 1.82) is 0 Å². The van der Waals surface area contributed by atoms with Gasteiger partial charge in [-0.05, 0) is 54.6 Å². The van der Waals surface area contributed by atoms with Crippen molar-refractivity contribution in [1.82, 2.24) is 9.38 Å². The number of aromatic hydroxyl groups is 1. The molecule has 7 heteroatoms. The largest absolute Gasteiger partial charge is 0.504 e. The Kier molecular flexibility index (Phi) is 5.25. The Morgan fingerprint density at radius 2 is 1.84 bits per heavy atom. The number of pyridine rings is 1. The molecule has 2 aromatic carbocycles. The van der Waals surface area contributed by atoms with E-state index in [4.69, 9.17) is 19.1 Å². The van der Waals surface area contributed by atoms with Crippen LogP contribution in [0.15, 0.2) is 92.9 Å². The third-order valence-electron chi connectivity index (χ3n) is 5.03. The van der Waals surface area contributed by atoms with Gasteiger partial charge in [-0.25, -0.2) is 9.98 Å². The third-order valence-corrected chi connectivity index (χ3v) is 5.56. The summed E-state index contributed by atoms with van der Waals surface area (Å²) in [5, 5.41) is 9.96. The Labute approximate surface area is 192 Å². The SMILES string of the molecule is COc1cc(-c2nc3ccccn3c2N=Cc2ccc(-c3ccc(Br)cc3)o2)ccc1O. The first-order chi connectivity index (χ1) is 15.6. The van der Waals surface area contributed by atoms with Gasteiger partial charge in [0.05, 0.1) is 13.3 Å². The van der Waals surface area contributed by atoms with Gasteiger partial charge in [-0.3, -0.25) is 4.40 Å². The number of hydrogen-bond acceptors (Lipinski definition) is 5. The molecule has 1 N–H and O–H groups in total. The zero-order valence-corrected chi connectivity index (χ0v) is 18.7. The highest BCUT2D eigenvalue weighted by Crippen LogP contribution is 2.36. The van der Waals surface area contributed by atoms with Crippen LogP contribution in [0.3, 0.4) is 0 Å². The molecule has 0 fully saturated rings. The minimum absolute atomic E-state index is 0.0705. The molecule has 0 saturated heterocycles. The van der Waals surface area contributed by atoms with Gasteiger partial charge in [0.2, 0.25) is 0 Å². The lowest BCUT2D eigenvalue weighted by atomic mass is 10.1. The molecule has 0 spiro atoms. The second-order valence-electron chi connectivity index (χ2n) is 7.07. The van der Waals surface area contributed by atoms with Crippen LogP contribution in [0.25, 0.3) is 28.2 Å². The highest BCUT2D eigenvalue weighted by atomic mass is 79.9. The molecule has 0 aliphatic carbocycles. The number of imidazole rings is 1. The van der Waals surface area contributed by atoms with E-state index in [1.807, 2.05) is 65.2 Å². The molecular weight excluding hydrogens is 470 g/mol. The van der Waals surface area contributed by atoms with Crippen molar-refractivity contribution in [3.8, 4) is 34.1 Å². The number of hydrogen-bond donors (Lipinski definition) is 1. The summed E-state index contributed by atoms with van der Waals surface area (Å²) in [4.78, 5) is 9.45. The Balaban J connectivity index is 1.55. The smallest absolute Gasteiger partial charge is 0.165 e. The van der Waals surface area contributed by atoms with Gasteiger partial charge in [0.15, 0.2) is 17.3 Å². The van der Waals surface area contributed by atoms with Crippen molar-refractivity contribution in [2.75, 3.05) is 7.11 Å². The van der Waals surface area contributed by atoms with E-state index < -0.39 is 0 Å². The number of methoxy groups -OCH3 is 1. The number of phenolic OH excluding ortho intramolecular Hbond substituents is 1. The standard InChI is InChI=1S/C25H18BrN3O3/c1-31-22-14-17(7-11-20(22)30)24-25(29-13-3-2-4-23(29)28-24)27-15-19-10-12-21(32-19)16-5-8-18(26)9-6-16/h2-15,30H,1H3. The minimum atomic E-state index is 0.0705. The minimum Gasteiger partial charge on any atom is -0.504 e. The van der Waals surface area contributed by atoms with E-state index in [1.165, 1.54) is 7.11 Å². The molecule has 5 aromatic rings. The fraction of sp³-hybridized carbons (Fsp3) is 0.0400. The van der Waals surface area contributed by atoms with E-state index in [0.717, 1.165) is 27.0 Å². The average Bonchev–Trinajstić information content (AvgIpc) is 3.43. The van der Waals surface area contributed by atoms with Gasteiger partial charge >= 0.3 is 0 Å². The lowest BCUT2D eigenvalue weighted by molar-refractivity contribution is 0.373. The van der Waals surface area contributed by atoms with Crippen molar-refractivity contribution in [3.63, 3.8) is 0 Å². The summed E-state index contributed by atoms with van der Waals surface area (Å²) < 4.78 is 14.2. The zero-order chi connectivity index (χ0) is 22.1. The molecule has 3 heterocycles. The van der Waals surface area contributed by atoms with Crippen LogP contribution in [0.4, 0.5) is 5.82 Å². The first-order valence-corrected chi connectivity index (χ1v) is 10.7. The molecule has 0 bridgehead atoms. The van der Waals surface area contributed by atoms with Gasteiger partial charge in [-0.1, -0.05) is 34.1 Å². The Hall–Kier alpha value is -3.84. The lowest BCUT2D eigenvalue weighted by Gasteiger charge is -2.05. The van der Waals surface area contributed by atoms with Crippen molar-refractivity contribution in [3.05, 3.63) is 89.2 Å². The van der Waals surface area contributed by atoms with Crippen LogP contribution in [0.1, 0.15) is 5.76 Å². The number of aromatic nitrogens is 2. The number of aliphatic imine (C=N–C) groups is 1. The molecule has 6 nitrogen and oxygen atoms in total. The highest BCUT2D eigenvalue weighted by molar-refractivity contribution is 9.10. The molecule has 0 unspecified atom stereocenters. The van der Waals surface area contributed by atoms with Crippen LogP contribution in [-0.2, 0) is 0 Å². The van der Waals surface area contributed by atoms with E-state index in [9.17, 15) is 5.11 Å². The van der Waals surface area contributed by atoms with Crippen LogP contribution >= 0.6 is 15.9 Å². The molecule has 0 atom stereocenters. The number of benzene rings is 2. The van der Waals surface area contributed by atoms with Crippen molar-refractivity contribution in [2.24, 2.45) is 4.99 Å². The number of furan rings is 1. The molecule has 0 aliphatic heterocycles. The summed E-state index contributed by atoms with van der Waals surface area (Å²) >= 11 is 3.45. The predicted molar refractivity (Wildman–Crippen MR) is 128 cm³/mol. The molecule has 32 heavy (non-hydrogen) atoms. The maximum absolute atomic E-state index is 9.96. The van der Waals surface area contributed by atoms with Gasteiger partial charge in [-0.2, -0.15) is 0 Å². The Morgan fingerprint density at radius 3 is 2.66 bits per heavy atom. The molecule has 3 aromatic heterocycles. The predicted octanol–water partition coefficient (Wildman–Crippen LogP) is 6.49. The van der Waals surface area contributed by atoms with E-state index >= 15 is 0 Å². The average molecular weight is 488 g/mol. The number of nitrogens with zero attached hydrogens (tertiary/aromatic N) is 3. The number of fused-ring (bicyclic) bond motifs is 1. The van der Waals surface area contributed by atoms with Crippen LogP contribution in [0.5, 0.6) is 11.5 Å². The van der Waals surface area contributed by atoms with Crippen LogP contribution in [0.2, 0.25) is 0 Å². The highest BCUT2D eigenvalue weighted by Gasteiger charge is 2.15. The molecule has 158 valence electrons. The molecular formula is C25H18BrN3O3. The fourth-order valence-corrected chi connectivity index (χ4v) is 3.71. The van der Waals surface area contributed by atoms with E-state index in [0.29, 0.717) is 23.0 Å². The number of rotatable bonds is 5. The maximum atomic E-state index is 9.96. The van der Waals surface area contributed by atoms with Gasteiger partial charge < -0.3 is 14.3 Å². The quantitative estimate of drug-likeness (QED) is 0.287. The first kappa shape index (κ1) is 20.1. The van der Waals surface area contributed by atoms with Crippen LogP contribution in [-0.4, -0.2) is 27.8 Å².